The first-order valence-corrected chi connectivity index (χ1v) is 16.9. The number of ether oxygens (including phenoxy) is 1. The van der Waals surface area contributed by atoms with Crippen LogP contribution in [0.4, 0.5) is 4.79 Å². The maximum atomic E-state index is 13.7. The lowest BCUT2D eigenvalue weighted by Crippen LogP contribution is -2.59. The van der Waals surface area contributed by atoms with Crippen LogP contribution in [0.3, 0.4) is 0 Å². The van der Waals surface area contributed by atoms with E-state index in [0.29, 0.717) is 32.2 Å². The van der Waals surface area contributed by atoms with E-state index in [-0.39, 0.29) is 31.3 Å². The minimum absolute atomic E-state index is 0.152. The summed E-state index contributed by atoms with van der Waals surface area (Å²) >= 11 is 0. The van der Waals surface area contributed by atoms with Crippen molar-refractivity contribution in [3.63, 3.8) is 0 Å². The van der Waals surface area contributed by atoms with Gasteiger partial charge in [-0.05, 0) is 70.4 Å². The zero-order valence-corrected chi connectivity index (χ0v) is 26.5. The molecule has 13 heteroatoms. The second kappa shape index (κ2) is 12.5. The fourth-order valence-corrected chi connectivity index (χ4v) is 7.45. The van der Waals surface area contributed by atoms with Gasteiger partial charge in [0.1, 0.15) is 23.2 Å². The third-order valence-electron chi connectivity index (χ3n) is 8.70. The number of benzene rings is 1. The minimum atomic E-state index is -4.19. The first kappa shape index (κ1) is 32.0. The number of carbonyl (C=O) groups is 4. The van der Waals surface area contributed by atoms with E-state index in [9.17, 15) is 27.6 Å². The summed E-state index contributed by atoms with van der Waals surface area (Å²) in [6.45, 7) is 5.86. The Morgan fingerprint density at radius 2 is 1.73 bits per heavy atom. The molecule has 3 aliphatic heterocycles. The zero-order chi connectivity index (χ0) is 31.7. The monoisotopic (exact) mass is 629 g/mol. The summed E-state index contributed by atoms with van der Waals surface area (Å²) in [4.78, 5) is 55.2. The van der Waals surface area contributed by atoms with E-state index in [1.54, 1.807) is 20.8 Å². The van der Waals surface area contributed by atoms with Crippen molar-refractivity contribution in [3.05, 3.63) is 47.5 Å². The largest absolute Gasteiger partial charge is 0.444 e. The molecule has 44 heavy (non-hydrogen) atoms. The van der Waals surface area contributed by atoms with Gasteiger partial charge in [-0.3, -0.25) is 14.4 Å². The van der Waals surface area contributed by atoms with E-state index >= 15 is 0 Å². The van der Waals surface area contributed by atoms with Crippen LogP contribution >= 0.6 is 0 Å². The average molecular weight is 630 g/mol. The average Bonchev–Trinajstić information content (AvgIpc) is 3.28. The first-order valence-electron chi connectivity index (χ1n) is 15.5. The second-order valence-corrected chi connectivity index (χ2v) is 14.9. The lowest BCUT2D eigenvalue weighted by atomic mass is 10.0. The fourth-order valence-electron chi connectivity index (χ4n) is 6.29. The molecule has 1 saturated heterocycles. The number of nitrogens with zero attached hydrogens (tertiary/aromatic N) is 2. The van der Waals surface area contributed by atoms with Crippen LogP contribution < -0.4 is 15.4 Å². The third-order valence-corrected chi connectivity index (χ3v) is 10.1. The molecule has 0 radical (unpaired) electrons. The zero-order valence-electron chi connectivity index (χ0n) is 25.6. The first-order chi connectivity index (χ1) is 20.8. The molecule has 12 nitrogen and oxygen atoms in total. The van der Waals surface area contributed by atoms with Crippen LogP contribution in [-0.4, -0.2) is 71.2 Å². The second-order valence-electron chi connectivity index (χ2n) is 13.2. The van der Waals surface area contributed by atoms with E-state index in [0.717, 1.165) is 30.4 Å². The summed E-state index contributed by atoms with van der Waals surface area (Å²) < 4.78 is 35.4. The van der Waals surface area contributed by atoms with Gasteiger partial charge in [0.05, 0.1) is 0 Å². The molecule has 4 amide bonds. The molecular weight excluding hydrogens is 586 g/mol. The number of carbonyl (C=O) groups excluding carboxylic acids is 4. The third kappa shape index (κ3) is 7.09. The molecule has 1 aliphatic carbocycles. The van der Waals surface area contributed by atoms with E-state index < -0.39 is 51.3 Å². The van der Waals surface area contributed by atoms with Gasteiger partial charge in [-0.1, -0.05) is 49.3 Å². The molecule has 0 spiro atoms. The molecule has 4 aliphatic rings. The van der Waals surface area contributed by atoms with Gasteiger partial charge in [-0.15, -0.1) is 0 Å². The van der Waals surface area contributed by atoms with Gasteiger partial charge in [0.2, 0.25) is 11.8 Å². The van der Waals surface area contributed by atoms with Crippen LogP contribution in [0.25, 0.3) is 0 Å². The lowest BCUT2D eigenvalue weighted by Gasteiger charge is -2.30. The van der Waals surface area contributed by atoms with Crippen LogP contribution in [-0.2, 0) is 42.4 Å². The highest BCUT2D eigenvalue weighted by atomic mass is 32.2. The topological polar surface area (TPSA) is 154 Å². The van der Waals surface area contributed by atoms with Crippen molar-refractivity contribution in [1.82, 2.24) is 24.6 Å². The number of amides is 4. The van der Waals surface area contributed by atoms with Crippen LogP contribution in [0.15, 0.2) is 36.4 Å². The summed E-state index contributed by atoms with van der Waals surface area (Å²) in [5.74, 6) is -2.06. The predicted octanol–water partition coefficient (Wildman–Crippen LogP) is 2.64. The smallest absolute Gasteiger partial charge is 0.408 e. The number of fused-ring (bicyclic) bond motifs is 3. The summed E-state index contributed by atoms with van der Waals surface area (Å²) in [6.07, 6.45) is 7.82. The molecule has 0 bridgehead atoms. The van der Waals surface area contributed by atoms with E-state index in [1.165, 1.54) is 9.21 Å². The fraction of sp³-hybridized carbons (Fsp3) is 0.613. The van der Waals surface area contributed by atoms with Gasteiger partial charge in [0.25, 0.3) is 5.91 Å². The van der Waals surface area contributed by atoms with Crippen molar-refractivity contribution in [2.24, 2.45) is 5.92 Å². The van der Waals surface area contributed by atoms with Gasteiger partial charge >= 0.3 is 16.3 Å². The summed E-state index contributed by atoms with van der Waals surface area (Å²) in [7, 11) is -4.19. The Morgan fingerprint density at radius 1 is 1.02 bits per heavy atom. The number of rotatable bonds is 4. The lowest BCUT2D eigenvalue weighted by molar-refractivity contribution is -0.141. The minimum Gasteiger partial charge on any atom is -0.444 e. The van der Waals surface area contributed by atoms with Gasteiger partial charge in [0.15, 0.2) is 0 Å². The van der Waals surface area contributed by atoms with Gasteiger partial charge in [-0.2, -0.15) is 12.7 Å². The van der Waals surface area contributed by atoms with E-state index in [4.69, 9.17) is 4.74 Å². The molecular formula is C31H43N5O7S. The highest BCUT2D eigenvalue weighted by Gasteiger charge is 2.61. The predicted molar refractivity (Wildman–Crippen MR) is 162 cm³/mol. The Balaban J connectivity index is 1.33. The molecule has 1 saturated carbocycles. The van der Waals surface area contributed by atoms with Crippen molar-refractivity contribution < 1.29 is 32.3 Å². The Kier molecular flexibility index (Phi) is 9.08. The number of alkyl carbamates (subject to hydrolysis) is 1. The summed E-state index contributed by atoms with van der Waals surface area (Å²) in [5, 5.41) is 5.57. The van der Waals surface area contributed by atoms with E-state index in [2.05, 4.69) is 15.4 Å². The highest BCUT2D eigenvalue weighted by Crippen LogP contribution is 2.46. The maximum absolute atomic E-state index is 13.7. The Bertz CT molecular complexity index is 1410. The highest BCUT2D eigenvalue weighted by molar-refractivity contribution is 7.87. The van der Waals surface area contributed by atoms with Gasteiger partial charge in [0, 0.05) is 25.6 Å². The van der Waals surface area contributed by atoms with Gasteiger partial charge < -0.3 is 20.3 Å². The molecule has 0 aromatic heterocycles. The Morgan fingerprint density at radius 3 is 2.41 bits per heavy atom. The normalized spacial score (nSPS) is 28.1. The van der Waals surface area contributed by atoms with Crippen molar-refractivity contribution in [2.75, 3.05) is 6.54 Å². The number of hydrogen-bond acceptors (Lipinski definition) is 7. The molecule has 1 aromatic carbocycles. The van der Waals surface area contributed by atoms with Crippen LogP contribution in [0.2, 0.25) is 0 Å². The molecule has 0 unspecified atom stereocenters. The van der Waals surface area contributed by atoms with Crippen molar-refractivity contribution in [1.29, 1.82) is 0 Å². The van der Waals surface area contributed by atoms with Crippen molar-refractivity contribution >= 4 is 34.0 Å². The van der Waals surface area contributed by atoms with Crippen LogP contribution in [0, 0.1) is 5.92 Å². The molecule has 2 fully saturated rings. The molecule has 3 heterocycles. The van der Waals surface area contributed by atoms with Crippen LogP contribution in [0.1, 0.15) is 83.3 Å². The standard InChI is InChI=1S/C31H43N5O7S/c1-30(2,3)43-29(40)32-24-15-8-6-4-5-7-14-23-18-31(23,33-26(37)25-16-11-17-36(25)27(24)38)28(39)34-44(41,42)35-19-21-12-9-10-13-22(21)20-35/h7,9-10,12-14,23-25H,4-6,8,11,15-20H2,1-3H3,(H,32,40)(H,33,37)(H,34,39)/t23-,24+,25+,31-/m1/s1. The number of nitrogens with one attached hydrogen (secondary N) is 3. The number of hydrogen-bond donors (Lipinski definition) is 3. The van der Waals surface area contributed by atoms with Crippen molar-refractivity contribution in [3.8, 4) is 0 Å². The van der Waals surface area contributed by atoms with Crippen molar-refractivity contribution in [2.45, 2.75) is 108 Å². The quantitative estimate of drug-likeness (QED) is 0.433. The molecule has 240 valence electrons. The molecule has 3 N–H and O–H groups in total. The number of allylic oxidation sites excluding steroid dienone is 1. The maximum Gasteiger partial charge on any atom is 0.408 e. The van der Waals surface area contributed by atoms with E-state index in [1.807, 2.05) is 36.4 Å². The molecule has 4 atom stereocenters. The van der Waals surface area contributed by atoms with Crippen LogP contribution in [0.5, 0.6) is 0 Å². The molecule has 1 aromatic rings. The Hall–Kier alpha value is -3.45. The molecule has 5 rings (SSSR count). The summed E-state index contributed by atoms with van der Waals surface area (Å²) in [6, 6.07) is 5.68. The summed E-state index contributed by atoms with van der Waals surface area (Å²) in [5.41, 5.74) is -0.428. The Labute approximate surface area is 259 Å². The van der Waals surface area contributed by atoms with Gasteiger partial charge in [-0.25, -0.2) is 9.52 Å². The SMILES string of the molecule is CC(C)(C)OC(=O)N[C@H]1CCCCCC=C[C@@H]2C[C@@]2(C(=O)NS(=O)(=O)N2Cc3ccccc3C2)NC(=O)[C@@H]2CCCN2C1=O.